The van der Waals surface area contributed by atoms with Gasteiger partial charge in [-0.05, 0) is 35.3 Å². The van der Waals surface area contributed by atoms with Crippen LogP contribution in [0, 0.1) is 5.41 Å². The molecular formula is C32H35NO4. The van der Waals surface area contributed by atoms with Crippen molar-refractivity contribution in [3.05, 3.63) is 77.2 Å². The van der Waals surface area contributed by atoms with E-state index in [0.717, 1.165) is 39.2 Å². The molecule has 0 saturated carbocycles. The summed E-state index contributed by atoms with van der Waals surface area (Å²) >= 11 is 0. The predicted octanol–water partition coefficient (Wildman–Crippen LogP) is 7.89. The fraction of sp³-hybridized carbons (Fsp3) is 0.344. The summed E-state index contributed by atoms with van der Waals surface area (Å²) in [7, 11) is 3.24. The molecule has 0 aliphatic heterocycles. The lowest BCUT2D eigenvalue weighted by Crippen LogP contribution is -2.15. The first kappa shape index (κ1) is 24.9. The highest BCUT2D eigenvalue weighted by Crippen LogP contribution is 2.50. The maximum absolute atomic E-state index is 14.1. The van der Waals surface area contributed by atoms with Crippen LogP contribution in [0.25, 0.3) is 27.8 Å². The standard InChI is InChI=1S/C32H35NO4/c1-31(2,3)22-14-15-23-28(29-20(22)17-27(37-29)32(4,5)6)21-16-25(35-7)26(36-8)18-24(21)33(23)30(34)19-12-10-9-11-13-19/h9-14,16-18H,15H2,1-8H3. The number of furan rings is 1. The number of ether oxygens (including phenoxy) is 2. The quantitative estimate of drug-likeness (QED) is 0.289. The molecule has 0 N–H and O–H groups in total. The molecular weight excluding hydrogens is 462 g/mol. The molecule has 0 fully saturated rings. The van der Waals surface area contributed by atoms with Crippen LogP contribution < -0.4 is 9.47 Å². The summed E-state index contributed by atoms with van der Waals surface area (Å²) < 4.78 is 19.8. The molecule has 0 spiro atoms. The molecule has 2 aromatic heterocycles. The molecule has 0 radical (unpaired) electrons. The number of hydrogen-bond donors (Lipinski definition) is 0. The van der Waals surface area contributed by atoms with Gasteiger partial charge in [0, 0.05) is 45.7 Å². The molecule has 0 saturated heterocycles. The number of hydrogen-bond acceptors (Lipinski definition) is 4. The van der Waals surface area contributed by atoms with Gasteiger partial charge in [-0.3, -0.25) is 9.36 Å². The third-order valence-electron chi connectivity index (χ3n) is 7.09. The van der Waals surface area contributed by atoms with Crippen LogP contribution in [0.3, 0.4) is 0 Å². The van der Waals surface area contributed by atoms with Gasteiger partial charge in [0.25, 0.3) is 5.91 Å². The molecule has 1 aliphatic rings. The van der Waals surface area contributed by atoms with Crippen molar-refractivity contribution in [1.82, 2.24) is 4.57 Å². The Hall–Kier alpha value is -3.73. The number of nitrogens with zero attached hydrogens (tertiary/aromatic N) is 1. The Bertz CT molecular complexity index is 1540. The SMILES string of the molecule is COc1cc2c3c(n(C(=O)c4ccccc4)c2cc1OC)CC=C(C(C)(C)C)c1cc(C(C)(C)C)oc1-3. The van der Waals surface area contributed by atoms with Gasteiger partial charge in [-0.2, -0.15) is 0 Å². The molecule has 2 heterocycles. The summed E-state index contributed by atoms with van der Waals surface area (Å²) in [5.41, 5.74) is 5.23. The average molecular weight is 498 g/mol. The van der Waals surface area contributed by atoms with E-state index in [-0.39, 0.29) is 16.7 Å². The van der Waals surface area contributed by atoms with Crippen LogP contribution in [-0.2, 0) is 11.8 Å². The van der Waals surface area contributed by atoms with Crippen molar-refractivity contribution in [3.63, 3.8) is 0 Å². The van der Waals surface area contributed by atoms with Gasteiger partial charge < -0.3 is 13.9 Å². The van der Waals surface area contributed by atoms with Crippen LogP contribution in [-0.4, -0.2) is 24.7 Å². The fourth-order valence-corrected chi connectivity index (χ4v) is 5.22. The summed E-state index contributed by atoms with van der Waals surface area (Å²) in [6.45, 7) is 13.1. The van der Waals surface area contributed by atoms with Gasteiger partial charge >= 0.3 is 0 Å². The predicted molar refractivity (Wildman–Crippen MR) is 149 cm³/mol. The minimum Gasteiger partial charge on any atom is -0.493 e. The minimum absolute atomic E-state index is 0.0872. The third kappa shape index (κ3) is 4.07. The maximum Gasteiger partial charge on any atom is 0.262 e. The Labute approximate surface area is 218 Å². The van der Waals surface area contributed by atoms with E-state index in [1.54, 1.807) is 14.2 Å². The van der Waals surface area contributed by atoms with Crippen LogP contribution in [0.4, 0.5) is 0 Å². The molecule has 0 bridgehead atoms. The van der Waals surface area contributed by atoms with E-state index < -0.39 is 0 Å². The maximum atomic E-state index is 14.1. The molecule has 37 heavy (non-hydrogen) atoms. The van der Waals surface area contributed by atoms with Crippen LogP contribution in [0.5, 0.6) is 11.5 Å². The van der Waals surface area contributed by atoms with Gasteiger partial charge in [0.05, 0.1) is 19.7 Å². The number of methoxy groups -OCH3 is 2. The normalized spacial score (nSPS) is 13.6. The number of rotatable bonds is 3. The van der Waals surface area contributed by atoms with Crippen molar-refractivity contribution in [3.8, 4) is 22.8 Å². The van der Waals surface area contributed by atoms with Gasteiger partial charge in [0.2, 0.25) is 0 Å². The van der Waals surface area contributed by atoms with E-state index in [9.17, 15) is 4.79 Å². The largest absolute Gasteiger partial charge is 0.493 e. The molecule has 192 valence electrons. The summed E-state index contributed by atoms with van der Waals surface area (Å²) in [5, 5.41) is 0.900. The Morgan fingerprint density at radius 3 is 2.14 bits per heavy atom. The van der Waals surface area contributed by atoms with Crippen molar-refractivity contribution in [2.75, 3.05) is 14.2 Å². The summed E-state index contributed by atoms with van der Waals surface area (Å²) in [5.74, 6) is 2.81. The number of fused-ring (bicyclic) bond motifs is 5. The van der Waals surface area contributed by atoms with E-state index in [1.807, 2.05) is 47.0 Å². The van der Waals surface area contributed by atoms with Crippen LogP contribution >= 0.6 is 0 Å². The molecule has 4 aromatic rings. The first-order chi connectivity index (χ1) is 17.5. The Kier molecular flexibility index (Phi) is 5.86. The van der Waals surface area contributed by atoms with Crippen molar-refractivity contribution >= 4 is 22.4 Å². The van der Waals surface area contributed by atoms with Gasteiger partial charge in [-0.15, -0.1) is 0 Å². The second-order valence-corrected chi connectivity index (χ2v) is 11.7. The molecule has 1 aliphatic carbocycles. The van der Waals surface area contributed by atoms with E-state index in [2.05, 4.69) is 53.7 Å². The highest BCUT2D eigenvalue weighted by atomic mass is 16.5. The number of benzene rings is 2. The lowest BCUT2D eigenvalue weighted by atomic mass is 9.81. The van der Waals surface area contributed by atoms with Gasteiger partial charge in [0.15, 0.2) is 11.5 Å². The second-order valence-electron chi connectivity index (χ2n) is 11.7. The van der Waals surface area contributed by atoms with Crippen LogP contribution in [0.1, 0.15) is 68.9 Å². The van der Waals surface area contributed by atoms with E-state index in [4.69, 9.17) is 13.9 Å². The molecule has 5 nitrogen and oxygen atoms in total. The topological polar surface area (TPSA) is 53.6 Å². The summed E-state index contributed by atoms with van der Waals surface area (Å²) in [6.07, 6.45) is 2.85. The highest BCUT2D eigenvalue weighted by molar-refractivity contribution is 6.10. The van der Waals surface area contributed by atoms with Gasteiger partial charge in [-0.1, -0.05) is 65.8 Å². The monoisotopic (exact) mass is 497 g/mol. The van der Waals surface area contributed by atoms with E-state index in [0.29, 0.717) is 23.5 Å². The van der Waals surface area contributed by atoms with E-state index in [1.165, 1.54) is 5.57 Å². The Morgan fingerprint density at radius 1 is 0.892 bits per heavy atom. The number of allylic oxidation sites excluding steroid dienone is 2. The molecule has 0 amide bonds. The Balaban J connectivity index is 1.92. The molecule has 5 rings (SSSR count). The van der Waals surface area contributed by atoms with Crippen molar-refractivity contribution < 1.29 is 18.7 Å². The van der Waals surface area contributed by atoms with E-state index >= 15 is 0 Å². The first-order valence-electron chi connectivity index (χ1n) is 12.7. The summed E-state index contributed by atoms with van der Waals surface area (Å²) in [6, 6.07) is 15.4. The lowest BCUT2D eigenvalue weighted by Gasteiger charge is -2.22. The Morgan fingerprint density at radius 2 is 1.54 bits per heavy atom. The summed E-state index contributed by atoms with van der Waals surface area (Å²) in [4.78, 5) is 14.1. The average Bonchev–Trinajstić information content (AvgIpc) is 3.37. The smallest absolute Gasteiger partial charge is 0.262 e. The van der Waals surface area contributed by atoms with Crippen LogP contribution in [0.15, 0.2) is 59.0 Å². The highest BCUT2D eigenvalue weighted by Gasteiger charge is 2.35. The van der Waals surface area contributed by atoms with Crippen LogP contribution in [0.2, 0.25) is 0 Å². The van der Waals surface area contributed by atoms with Gasteiger partial charge in [0.1, 0.15) is 11.5 Å². The van der Waals surface area contributed by atoms with Crippen molar-refractivity contribution in [2.24, 2.45) is 5.41 Å². The molecule has 5 heteroatoms. The zero-order chi connectivity index (χ0) is 26.7. The number of carbonyl (C=O) groups is 1. The van der Waals surface area contributed by atoms with Crippen molar-refractivity contribution in [2.45, 2.75) is 53.4 Å². The number of carbonyl (C=O) groups excluding carboxylic acids is 1. The number of aromatic nitrogens is 1. The third-order valence-corrected chi connectivity index (χ3v) is 7.09. The fourth-order valence-electron chi connectivity index (χ4n) is 5.22. The van der Waals surface area contributed by atoms with Crippen molar-refractivity contribution in [1.29, 1.82) is 0 Å². The van der Waals surface area contributed by atoms with Gasteiger partial charge in [-0.25, -0.2) is 0 Å². The minimum atomic E-state index is -0.172. The first-order valence-corrected chi connectivity index (χ1v) is 12.7. The molecule has 0 atom stereocenters. The zero-order valence-electron chi connectivity index (χ0n) is 23.0. The lowest BCUT2D eigenvalue weighted by molar-refractivity contribution is 0.0962. The molecule has 2 aromatic carbocycles. The second kappa shape index (κ2) is 8.69. The molecule has 0 unspecified atom stereocenters. The zero-order valence-corrected chi connectivity index (χ0v) is 23.0.